The lowest BCUT2D eigenvalue weighted by atomic mass is 10.0. The zero-order chi connectivity index (χ0) is 15.5. The van der Waals surface area contributed by atoms with Crippen molar-refractivity contribution in [3.63, 3.8) is 0 Å². The van der Waals surface area contributed by atoms with E-state index >= 15 is 0 Å². The lowest BCUT2D eigenvalue weighted by Gasteiger charge is -2.25. The van der Waals surface area contributed by atoms with Gasteiger partial charge in [-0.2, -0.15) is 0 Å². The Bertz CT molecular complexity index is 683. The van der Waals surface area contributed by atoms with Crippen molar-refractivity contribution in [1.29, 1.82) is 0 Å². The maximum absolute atomic E-state index is 12.7. The molecule has 1 saturated heterocycles. The molecule has 0 aromatic heterocycles. The summed E-state index contributed by atoms with van der Waals surface area (Å²) in [6, 6.07) is 16.3. The molecular weight excluding hydrogens is 294 g/mol. The van der Waals surface area contributed by atoms with Crippen LogP contribution in [0.5, 0.6) is 0 Å². The molecule has 0 aliphatic carbocycles. The van der Waals surface area contributed by atoms with Gasteiger partial charge in [0, 0.05) is 11.6 Å². The summed E-state index contributed by atoms with van der Waals surface area (Å²) < 4.78 is 0. The van der Waals surface area contributed by atoms with Crippen molar-refractivity contribution in [2.75, 3.05) is 6.54 Å². The Balaban J connectivity index is 1.76. The SMILES string of the molecule is Cc1cccc([C@H]2CCCN2C(=O)Cc2cccc(Cl)c2)c1. The van der Waals surface area contributed by atoms with E-state index in [1.165, 1.54) is 11.1 Å². The first-order chi connectivity index (χ1) is 10.6. The van der Waals surface area contributed by atoms with Crippen LogP contribution in [-0.4, -0.2) is 17.4 Å². The molecule has 0 spiro atoms. The Morgan fingerprint density at radius 2 is 2.05 bits per heavy atom. The van der Waals surface area contributed by atoms with E-state index < -0.39 is 0 Å². The standard InChI is InChI=1S/C19H20ClNO/c1-14-5-2-7-16(11-14)18-9-4-10-21(18)19(22)13-15-6-3-8-17(20)12-15/h2-3,5-8,11-12,18H,4,9-10,13H2,1H3/t18-/m1/s1. The first kappa shape index (κ1) is 15.1. The zero-order valence-electron chi connectivity index (χ0n) is 12.8. The van der Waals surface area contributed by atoms with E-state index in [1.54, 1.807) is 0 Å². The van der Waals surface area contributed by atoms with Crippen molar-refractivity contribution in [3.05, 3.63) is 70.2 Å². The second kappa shape index (κ2) is 6.53. The number of aryl methyl sites for hydroxylation is 1. The summed E-state index contributed by atoms with van der Waals surface area (Å²) in [6.45, 7) is 2.94. The summed E-state index contributed by atoms with van der Waals surface area (Å²) in [4.78, 5) is 14.7. The monoisotopic (exact) mass is 313 g/mol. The summed E-state index contributed by atoms with van der Waals surface area (Å²) >= 11 is 6.01. The van der Waals surface area contributed by atoms with Crippen LogP contribution in [0.15, 0.2) is 48.5 Å². The highest BCUT2D eigenvalue weighted by molar-refractivity contribution is 6.30. The molecule has 1 fully saturated rings. The molecule has 3 rings (SSSR count). The molecule has 1 aliphatic heterocycles. The number of likely N-dealkylation sites (tertiary alicyclic amines) is 1. The molecular formula is C19H20ClNO. The molecule has 2 nitrogen and oxygen atoms in total. The van der Waals surface area contributed by atoms with Gasteiger partial charge in [-0.3, -0.25) is 4.79 Å². The predicted octanol–water partition coefficient (Wildman–Crippen LogP) is 4.55. The third kappa shape index (κ3) is 3.33. The molecule has 0 radical (unpaired) electrons. The molecule has 0 N–H and O–H groups in total. The first-order valence-corrected chi connectivity index (χ1v) is 8.12. The quantitative estimate of drug-likeness (QED) is 0.813. The minimum atomic E-state index is 0.186. The van der Waals surface area contributed by atoms with Crippen LogP contribution in [0.25, 0.3) is 0 Å². The molecule has 0 saturated carbocycles. The molecule has 0 unspecified atom stereocenters. The highest BCUT2D eigenvalue weighted by Gasteiger charge is 2.29. The van der Waals surface area contributed by atoms with E-state index in [-0.39, 0.29) is 11.9 Å². The average molecular weight is 314 g/mol. The molecule has 2 aromatic rings. The minimum absolute atomic E-state index is 0.186. The maximum atomic E-state index is 12.7. The number of rotatable bonds is 3. The van der Waals surface area contributed by atoms with E-state index in [2.05, 4.69) is 31.2 Å². The second-order valence-electron chi connectivity index (χ2n) is 5.97. The molecule has 1 aliphatic rings. The van der Waals surface area contributed by atoms with Gasteiger partial charge < -0.3 is 4.90 Å². The highest BCUT2D eigenvalue weighted by Crippen LogP contribution is 2.32. The molecule has 3 heteroatoms. The smallest absolute Gasteiger partial charge is 0.227 e. The summed E-state index contributed by atoms with van der Waals surface area (Å²) in [7, 11) is 0. The van der Waals surface area contributed by atoms with Crippen LogP contribution in [0.2, 0.25) is 5.02 Å². The number of carbonyl (C=O) groups is 1. The Kier molecular flexibility index (Phi) is 4.49. The van der Waals surface area contributed by atoms with Gasteiger partial charge in [0.1, 0.15) is 0 Å². The first-order valence-electron chi connectivity index (χ1n) is 7.74. The van der Waals surface area contributed by atoms with Gasteiger partial charge in [0.2, 0.25) is 5.91 Å². The molecule has 0 bridgehead atoms. The Morgan fingerprint density at radius 1 is 1.23 bits per heavy atom. The van der Waals surface area contributed by atoms with Crippen LogP contribution in [0.3, 0.4) is 0 Å². The van der Waals surface area contributed by atoms with Gasteiger partial charge >= 0.3 is 0 Å². The van der Waals surface area contributed by atoms with Crippen LogP contribution >= 0.6 is 11.6 Å². The average Bonchev–Trinajstić information content (AvgIpc) is 2.97. The van der Waals surface area contributed by atoms with Crippen molar-refractivity contribution in [3.8, 4) is 0 Å². The topological polar surface area (TPSA) is 20.3 Å². The number of hydrogen-bond acceptors (Lipinski definition) is 1. The van der Waals surface area contributed by atoms with Crippen molar-refractivity contribution < 1.29 is 4.79 Å². The van der Waals surface area contributed by atoms with Gasteiger partial charge in [0.25, 0.3) is 0 Å². The largest absolute Gasteiger partial charge is 0.335 e. The van der Waals surface area contributed by atoms with E-state index in [1.807, 2.05) is 29.2 Å². The number of hydrogen-bond donors (Lipinski definition) is 0. The fourth-order valence-electron chi connectivity index (χ4n) is 3.21. The minimum Gasteiger partial charge on any atom is -0.335 e. The van der Waals surface area contributed by atoms with Gasteiger partial charge in [0.15, 0.2) is 0 Å². The predicted molar refractivity (Wildman–Crippen MR) is 90.0 cm³/mol. The fourth-order valence-corrected chi connectivity index (χ4v) is 3.43. The van der Waals surface area contributed by atoms with Crippen molar-refractivity contribution in [2.24, 2.45) is 0 Å². The molecule has 114 valence electrons. The van der Waals surface area contributed by atoms with Crippen LogP contribution in [0.1, 0.15) is 35.6 Å². The second-order valence-corrected chi connectivity index (χ2v) is 6.40. The van der Waals surface area contributed by atoms with E-state index in [0.717, 1.165) is 24.9 Å². The van der Waals surface area contributed by atoms with Crippen LogP contribution in [-0.2, 0) is 11.2 Å². The summed E-state index contributed by atoms with van der Waals surface area (Å²) in [5, 5.41) is 0.682. The fraction of sp³-hybridized carbons (Fsp3) is 0.316. The molecule has 1 heterocycles. The maximum Gasteiger partial charge on any atom is 0.227 e. The molecule has 2 aromatic carbocycles. The van der Waals surface area contributed by atoms with Gasteiger partial charge in [-0.1, -0.05) is 53.6 Å². The van der Waals surface area contributed by atoms with Crippen LogP contribution in [0.4, 0.5) is 0 Å². The molecule has 1 amide bonds. The van der Waals surface area contributed by atoms with E-state index in [9.17, 15) is 4.79 Å². The van der Waals surface area contributed by atoms with Gasteiger partial charge in [-0.25, -0.2) is 0 Å². The van der Waals surface area contributed by atoms with E-state index in [4.69, 9.17) is 11.6 Å². The van der Waals surface area contributed by atoms with Gasteiger partial charge in [-0.05, 0) is 43.0 Å². The number of halogens is 1. The zero-order valence-corrected chi connectivity index (χ0v) is 13.5. The summed E-state index contributed by atoms with van der Waals surface area (Å²) in [5.74, 6) is 0.186. The lowest BCUT2D eigenvalue weighted by Crippen LogP contribution is -2.31. The molecule has 1 atom stereocenters. The Hall–Kier alpha value is -1.80. The molecule has 22 heavy (non-hydrogen) atoms. The van der Waals surface area contributed by atoms with Crippen LogP contribution < -0.4 is 0 Å². The third-order valence-electron chi connectivity index (χ3n) is 4.24. The van der Waals surface area contributed by atoms with Crippen molar-refractivity contribution in [1.82, 2.24) is 4.90 Å². The van der Waals surface area contributed by atoms with E-state index in [0.29, 0.717) is 11.4 Å². The summed E-state index contributed by atoms with van der Waals surface area (Å²) in [6.07, 6.45) is 2.54. The Morgan fingerprint density at radius 3 is 2.82 bits per heavy atom. The Labute approximate surface area is 136 Å². The highest BCUT2D eigenvalue weighted by atomic mass is 35.5. The lowest BCUT2D eigenvalue weighted by molar-refractivity contribution is -0.131. The third-order valence-corrected chi connectivity index (χ3v) is 4.48. The van der Waals surface area contributed by atoms with Crippen LogP contribution in [0, 0.1) is 6.92 Å². The van der Waals surface area contributed by atoms with Gasteiger partial charge in [-0.15, -0.1) is 0 Å². The number of benzene rings is 2. The number of nitrogens with zero attached hydrogens (tertiary/aromatic N) is 1. The van der Waals surface area contributed by atoms with Gasteiger partial charge in [0.05, 0.1) is 12.5 Å². The number of amides is 1. The van der Waals surface area contributed by atoms with Crippen molar-refractivity contribution >= 4 is 17.5 Å². The van der Waals surface area contributed by atoms with Crippen molar-refractivity contribution in [2.45, 2.75) is 32.2 Å². The summed E-state index contributed by atoms with van der Waals surface area (Å²) in [5.41, 5.74) is 3.47. The normalized spacial score (nSPS) is 17.7. The number of carbonyl (C=O) groups excluding carboxylic acids is 1.